The molecular weight excluding hydrogens is 294 g/mol. The van der Waals surface area contributed by atoms with Gasteiger partial charge in [-0.2, -0.15) is 0 Å². The van der Waals surface area contributed by atoms with Gasteiger partial charge in [-0.3, -0.25) is 9.69 Å². The van der Waals surface area contributed by atoms with Crippen molar-refractivity contribution in [1.82, 2.24) is 9.88 Å². The third kappa shape index (κ3) is 5.69. The van der Waals surface area contributed by atoms with Crippen molar-refractivity contribution >= 4 is 22.4 Å². The van der Waals surface area contributed by atoms with Gasteiger partial charge in [-0.15, -0.1) is 11.3 Å². The first-order valence-corrected chi connectivity index (χ1v) is 9.06. The Bertz CT molecular complexity index is 496. The van der Waals surface area contributed by atoms with Crippen LogP contribution in [0.15, 0.2) is 5.38 Å². The Labute approximate surface area is 138 Å². The molecule has 1 N–H and O–H groups in total. The Balaban J connectivity index is 1.87. The van der Waals surface area contributed by atoms with E-state index < -0.39 is 0 Å². The van der Waals surface area contributed by atoms with Crippen molar-refractivity contribution in [2.75, 3.05) is 18.4 Å². The van der Waals surface area contributed by atoms with E-state index in [0.29, 0.717) is 6.42 Å². The smallest absolute Gasteiger partial charge is 0.226 e. The highest BCUT2D eigenvalue weighted by atomic mass is 32.1. The number of amides is 1. The zero-order chi connectivity index (χ0) is 16.3. The van der Waals surface area contributed by atoms with E-state index in [1.807, 2.05) is 0 Å². The van der Waals surface area contributed by atoms with Crippen LogP contribution in [0.4, 0.5) is 5.13 Å². The topological polar surface area (TPSA) is 45.2 Å². The fourth-order valence-electron chi connectivity index (χ4n) is 3.23. The number of carbonyl (C=O) groups excluding carboxylic acids is 1. The minimum absolute atomic E-state index is 0.00422. The van der Waals surface area contributed by atoms with Gasteiger partial charge < -0.3 is 5.32 Å². The predicted molar refractivity (Wildman–Crippen MR) is 93.0 cm³/mol. The number of hydrogen-bond donors (Lipinski definition) is 1. The minimum atomic E-state index is 0.00422. The van der Waals surface area contributed by atoms with Gasteiger partial charge in [-0.25, -0.2) is 4.98 Å². The van der Waals surface area contributed by atoms with E-state index in [2.05, 4.69) is 55.2 Å². The summed E-state index contributed by atoms with van der Waals surface area (Å²) < 4.78 is 0. The van der Waals surface area contributed by atoms with Crippen molar-refractivity contribution in [2.45, 2.75) is 54.0 Å². The molecule has 5 heteroatoms. The van der Waals surface area contributed by atoms with E-state index in [0.717, 1.165) is 42.3 Å². The van der Waals surface area contributed by atoms with Crippen LogP contribution < -0.4 is 5.32 Å². The molecular formula is C17H29N3OS. The van der Waals surface area contributed by atoms with Gasteiger partial charge in [0.25, 0.3) is 0 Å². The van der Waals surface area contributed by atoms with Crippen molar-refractivity contribution < 1.29 is 4.79 Å². The summed E-state index contributed by atoms with van der Waals surface area (Å²) >= 11 is 1.52. The van der Waals surface area contributed by atoms with Crippen molar-refractivity contribution in [1.29, 1.82) is 0 Å². The molecule has 0 radical (unpaired) electrons. The second-order valence-electron chi connectivity index (χ2n) is 8.07. The number of piperidine rings is 1. The summed E-state index contributed by atoms with van der Waals surface area (Å²) in [7, 11) is 0. The Morgan fingerprint density at radius 2 is 2.00 bits per heavy atom. The molecule has 1 aliphatic heterocycles. The molecule has 124 valence electrons. The van der Waals surface area contributed by atoms with Crippen LogP contribution in [0.5, 0.6) is 0 Å². The lowest BCUT2D eigenvalue weighted by atomic mass is 9.92. The molecule has 1 fully saturated rings. The molecule has 1 aliphatic rings. The molecule has 2 heterocycles. The molecule has 0 unspecified atom stereocenters. The fourth-order valence-corrected chi connectivity index (χ4v) is 3.95. The lowest BCUT2D eigenvalue weighted by molar-refractivity contribution is -0.117. The van der Waals surface area contributed by atoms with Gasteiger partial charge in [-0.1, -0.05) is 34.6 Å². The fraction of sp³-hybridized carbons (Fsp3) is 0.765. The van der Waals surface area contributed by atoms with E-state index in [1.54, 1.807) is 0 Å². The Hall–Kier alpha value is -0.940. The SMILES string of the molecule is C[C@@H]1C[C@@H](C)CN(Cc2csc(NC(=O)CC(C)(C)C)n2)C1. The van der Waals surface area contributed by atoms with Crippen LogP contribution >= 0.6 is 11.3 Å². The number of anilines is 1. The zero-order valence-corrected chi connectivity index (χ0v) is 15.3. The van der Waals surface area contributed by atoms with Gasteiger partial charge in [0.1, 0.15) is 0 Å². The van der Waals surface area contributed by atoms with Gasteiger partial charge in [0.05, 0.1) is 5.69 Å². The maximum Gasteiger partial charge on any atom is 0.226 e. The van der Waals surface area contributed by atoms with Crippen molar-refractivity contribution in [3.05, 3.63) is 11.1 Å². The maximum absolute atomic E-state index is 12.0. The number of carbonyl (C=O) groups is 1. The number of aromatic nitrogens is 1. The lowest BCUT2D eigenvalue weighted by Gasteiger charge is -2.34. The molecule has 4 nitrogen and oxygen atoms in total. The van der Waals surface area contributed by atoms with Crippen LogP contribution in [0.3, 0.4) is 0 Å². The van der Waals surface area contributed by atoms with Crippen LogP contribution in [0, 0.1) is 17.3 Å². The summed E-state index contributed by atoms with van der Waals surface area (Å²) in [4.78, 5) is 19.0. The highest BCUT2D eigenvalue weighted by Crippen LogP contribution is 2.24. The molecule has 2 atom stereocenters. The number of thiazole rings is 1. The second-order valence-corrected chi connectivity index (χ2v) is 8.93. The average Bonchev–Trinajstić information content (AvgIpc) is 2.71. The Morgan fingerprint density at radius 1 is 1.36 bits per heavy atom. The van der Waals surface area contributed by atoms with Gasteiger partial charge >= 0.3 is 0 Å². The second kappa shape index (κ2) is 7.09. The van der Waals surface area contributed by atoms with Gasteiger partial charge in [-0.05, 0) is 23.7 Å². The largest absolute Gasteiger partial charge is 0.302 e. The number of hydrogen-bond acceptors (Lipinski definition) is 4. The Kier molecular flexibility index (Phi) is 5.61. The average molecular weight is 324 g/mol. The molecule has 22 heavy (non-hydrogen) atoms. The van der Waals surface area contributed by atoms with Crippen LogP contribution in [0.1, 0.15) is 53.2 Å². The van der Waals surface area contributed by atoms with Crippen LogP contribution in [-0.2, 0) is 11.3 Å². The standard InChI is InChI=1S/C17H29N3OS/c1-12-6-13(2)9-20(8-12)10-14-11-22-16(18-14)19-15(21)7-17(3,4)5/h11-13H,6-10H2,1-5H3,(H,18,19,21)/t12-,13-/m1/s1. The molecule has 1 amide bonds. The Morgan fingerprint density at radius 3 is 2.59 bits per heavy atom. The summed E-state index contributed by atoms with van der Waals surface area (Å²) in [5.41, 5.74) is 1.07. The van der Waals surface area contributed by atoms with Gasteiger partial charge in [0, 0.05) is 31.4 Å². The van der Waals surface area contributed by atoms with Gasteiger partial charge in [0.15, 0.2) is 5.13 Å². The van der Waals surface area contributed by atoms with Crippen LogP contribution in [0.2, 0.25) is 0 Å². The summed E-state index contributed by atoms with van der Waals surface area (Å²) in [6.07, 6.45) is 1.84. The van der Waals surface area contributed by atoms with E-state index in [-0.39, 0.29) is 11.3 Å². The summed E-state index contributed by atoms with van der Waals surface area (Å²) in [6, 6.07) is 0. The van der Waals surface area contributed by atoms with Crippen LogP contribution in [0.25, 0.3) is 0 Å². The summed E-state index contributed by atoms with van der Waals surface area (Å²) in [5.74, 6) is 1.57. The lowest BCUT2D eigenvalue weighted by Crippen LogP contribution is -2.38. The first-order chi connectivity index (χ1) is 10.2. The van der Waals surface area contributed by atoms with Gasteiger partial charge in [0.2, 0.25) is 5.91 Å². The normalized spacial score (nSPS) is 23.5. The van der Waals surface area contributed by atoms with E-state index in [4.69, 9.17) is 0 Å². The quantitative estimate of drug-likeness (QED) is 0.911. The molecule has 0 saturated carbocycles. The first kappa shape index (κ1) is 17.4. The monoisotopic (exact) mass is 323 g/mol. The minimum Gasteiger partial charge on any atom is -0.302 e. The maximum atomic E-state index is 12.0. The molecule has 1 aromatic heterocycles. The van der Waals surface area contributed by atoms with E-state index >= 15 is 0 Å². The summed E-state index contributed by atoms with van der Waals surface area (Å²) in [6.45, 7) is 14.0. The van der Waals surface area contributed by atoms with Crippen LogP contribution in [-0.4, -0.2) is 28.9 Å². The zero-order valence-electron chi connectivity index (χ0n) is 14.5. The molecule has 2 rings (SSSR count). The molecule has 0 aromatic carbocycles. The van der Waals surface area contributed by atoms with E-state index in [9.17, 15) is 4.79 Å². The van der Waals surface area contributed by atoms with Crippen molar-refractivity contribution in [3.8, 4) is 0 Å². The first-order valence-electron chi connectivity index (χ1n) is 8.18. The molecule has 0 aliphatic carbocycles. The third-order valence-corrected chi connectivity index (χ3v) is 4.63. The molecule has 1 aromatic rings. The highest BCUT2D eigenvalue weighted by Gasteiger charge is 2.22. The number of rotatable bonds is 4. The number of nitrogens with one attached hydrogen (secondary N) is 1. The number of nitrogens with zero attached hydrogens (tertiary/aromatic N) is 2. The highest BCUT2D eigenvalue weighted by molar-refractivity contribution is 7.13. The predicted octanol–water partition coefficient (Wildman–Crippen LogP) is 4.00. The summed E-state index contributed by atoms with van der Waals surface area (Å²) in [5, 5.41) is 5.71. The molecule has 0 spiro atoms. The molecule has 1 saturated heterocycles. The third-order valence-electron chi connectivity index (χ3n) is 3.82. The van der Waals surface area contributed by atoms with Crippen molar-refractivity contribution in [3.63, 3.8) is 0 Å². The number of likely N-dealkylation sites (tertiary alicyclic amines) is 1. The van der Waals surface area contributed by atoms with Crippen molar-refractivity contribution in [2.24, 2.45) is 17.3 Å². The van der Waals surface area contributed by atoms with E-state index in [1.165, 1.54) is 17.8 Å². The molecule has 0 bridgehead atoms.